The zero-order chi connectivity index (χ0) is 8.39. The molecule has 2 fully saturated rings. The summed E-state index contributed by atoms with van der Waals surface area (Å²) in [7, 11) is 0. The number of carbonyl (C=O) groups is 1. The van der Waals surface area contributed by atoms with Gasteiger partial charge in [0.15, 0.2) is 5.78 Å². The van der Waals surface area contributed by atoms with Crippen LogP contribution in [0.3, 0.4) is 0 Å². The SMILES string of the molecule is O=C1CCC/C1=C\C1CCCC1. The minimum Gasteiger partial charge on any atom is -0.295 e. The van der Waals surface area contributed by atoms with E-state index in [2.05, 4.69) is 6.08 Å². The van der Waals surface area contributed by atoms with Crippen molar-refractivity contribution in [2.75, 3.05) is 0 Å². The van der Waals surface area contributed by atoms with Gasteiger partial charge in [-0.1, -0.05) is 18.9 Å². The van der Waals surface area contributed by atoms with E-state index in [-0.39, 0.29) is 0 Å². The highest BCUT2D eigenvalue weighted by Crippen LogP contribution is 2.30. The van der Waals surface area contributed by atoms with Gasteiger partial charge in [0, 0.05) is 6.42 Å². The van der Waals surface area contributed by atoms with Gasteiger partial charge in [0.05, 0.1) is 0 Å². The predicted molar refractivity (Wildman–Crippen MR) is 48.9 cm³/mol. The monoisotopic (exact) mass is 164 g/mol. The third-order valence-electron chi connectivity index (χ3n) is 3.04. The molecular formula is C11H16O. The fourth-order valence-electron chi connectivity index (χ4n) is 2.32. The van der Waals surface area contributed by atoms with Gasteiger partial charge in [-0.2, -0.15) is 0 Å². The maximum absolute atomic E-state index is 11.3. The summed E-state index contributed by atoms with van der Waals surface area (Å²) in [4.78, 5) is 11.3. The molecule has 0 atom stereocenters. The highest BCUT2D eigenvalue weighted by molar-refractivity contribution is 5.97. The fourth-order valence-corrected chi connectivity index (χ4v) is 2.32. The molecule has 2 rings (SSSR count). The molecule has 0 aromatic carbocycles. The van der Waals surface area contributed by atoms with Crippen LogP contribution in [0, 0.1) is 5.92 Å². The van der Waals surface area contributed by atoms with Crippen LogP contribution >= 0.6 is 0 Å². The average Bonchev–Trinajstić information content (AvgIpc) is 2.65. The topological polar surface area (TPSA) is 17.1 Å². The molecule has 0 saturated heterocycles. The van der Waals surface area contributed by atoms with Crippen LogP contribution in [0.25, 0.3) is 0 Å². The van der Waals surface area contributed by atoms with Crippen LogP contribution < -0.4 is 0 Å². The Balaban J connectivity index is 2.01. The first-order valence-electron chi connectivity index (χ1n) is 5.10. The second kappa shape index (κ2) is 3.42. The maximum atomic E-state index is 11.3. The number of allylic oxidation sites excluding steroid dienone is 2. The molecule has 0 bridgehead atoms. The van der Waals surface area contributed by atoms with Gasteiger partial charge in [-0.15, -0.1) is 0 Å². The van der Waals surface area contributed by atoms with Crippen molar-refractivity contribution in [3.8, 4) is 0 Å². The molecule has 0 spiro atoms. The largest absolute Gasteiger partial charge is 0.295 e. The number of ketones is 1. The fraction of sp³-hybridized carbons (Fsp3) is 0.727. The third-order valence-corrected chi connectivity index (χ3v) is 3.04. The number of carbonyl (C=O) groups excluding carboxylic acids is 1. The van der Waals surface area contributed by atoms with Crippen LogP contribution in [-0.4, -0.2) is 5.78 Å². The van der Waals surface area contributed by atoms with Crippen LogP contribution in [0.15, 0.2) is 11.6 Å². The second-order valence-corrected chi connectivity index (χ2v) is 4.01. The first-order valence-corrected chi connectivity index (χ1v) is 5.10. The standard InChI is InChI=1S/C11H16O/c12-11-7-3-6-10(11)8-9-4-1-2-5-9/h8-9H,1-7H2/b10-8+. The van der Waals surface area contributed by atoms with E-state index in [9.17, 15) is 4.79 Å². The van der Waals surface area contributed by atoms with E-state index in [4.69, 9.17) is 0 Å². The van der Waals surface area contributed by atoms with Gasteiger partial charge < -0.3 is 0 Å². The third kappa shape index (κ3) is 1.60. The van der Waals surface area contributed by atoms with Crippen LogP contribution in [-0.2, 0) is 4.79 Å². The molecule has 0 aliphatic heterocycles. The van der Waals surface area contributed by atoms with Crippen molar-refractivity contribution in [2.24, 2.45) is 5.92 Å². The highest BCUT2D eigenvalue weighted by atomic mass is 16.1. The van der Waals surface area contributed by atoms with E-state index in [1.807, 2.05) is 0 Å². The van der Waals surface area contributed by atoms with Crippen molar-refractivity contribution in [1.29, 1.82) is 0 Å². The quantitative estimate of drug-likeness (QED) is 0.545. The molecular weight excluding hydrogens is 148 g/mol. The minimum absolute atomic E-state index is 0.418. The summed E-state index contributed by atoms with van der Waals surface area (Å²) < 4.78 is 0. The van der Waals surface area contributed by atoms with Crippen molar-refractivity contribution in [3.05, 3.63) is 11.6 Å². The maximum Gasteiger partial charge on any atom is 0.158 e. The van der Waals surface area contributed by atoms with Gasteiger partial charge in [0.2, 0.25) is 0 Å². The van der Waals surface area contributed by atoms with E-state index in [1.54, 1.807) is 0 Å². The molecule has 0 radical (unpaired) electrons. The average molecular weight is 164 g/mol. The molecule has 0 heterocycles. The molecule has 2 saturated carbocycles. The minimum atomic E-state index is 0.418. The lowest BCUT2D eigenvalue weighted by Gasteiger charge is -2.02. The molecule has 66 valence electrons. The lowest BCUT2D eigenvalue weighted by atomic mass is 10.0. The number of rotatable bonds is 1. The summed E-state index contributed by atoms with van der Waals surface area (Å²) in [6, 6.07) is 0. The van der Waals surface area contributed by atoms with Crippen molar-refractivity contribution in [3.63, 3.8) is 0 Å². The molecule has 0 aromatic rings. The molecule has 2 aliphatic carbocycles. The second-order valence-electron chi connectivity index (χ2n) is 4.01. The van der Waals surface area contributed by atoms with Crippen LogP contribution in [0.5, 0.6) is 0 Å². The lowest BCUT2D eigenvalue weighted by Crippen LogP contribution is -1.95. The van der Waals surface area contributed by atoms with E-state index in [0.29, 0.717) is 5.78 Å². The summed E-state index contributed by atoms with van der Waals surface area (Å²) >= 11 is 0. The van der Waals surface area contributed by atoms with Crippen LogP contribution in [0.1, 0.15) is 44.9 Å². The molecule has 1 nitrogen and oxygen atoms in total. The van der Waals surface area contributed by atoms with E-state index in [1.165, 1.54) is 25.7 Å². The summed E-state index contributed by atoms with van der Waals surface area (Å²) in [5.74, 6) is 1.16. The smallest absolute Gasteiger partial charge is 0.158 e. The van der Waals surface area contributed by atoms with Crippen LogP contribution in [0.4, 0.5) is 0 Å². The van der Waals surface area contributed by atoms with Crippen LogP contribution in [0.2, 0.25) is 0 Å². The van der Waals surface area contributed by atoms with Gasteiger partial charge in [-0.25, -0.2) is 0 Å². The summed E-state index contributed by atoms with van der Waals surface area (Å²) in [6.45, 7) is 0. The number of hydrogen-bond donors (Lipinski definition) is 0. The van der Waals surface area contributed by atoms with Gasteiger partial charge in [0.25, 0.3) is 0 Å². The van der Waals surface area contributed by atoms with Crippen molar-refractivity contribution >= 4 is 5.78 Å². The van der Waals surface area contributed by atoms with E-state index < -0.39 is 0 Å². The molecule has 1 heteroatoms. The normalized spacial score (nSPS) is 29.0. The molecule has 0 unspecified atom stereocenters. The Morgan fingerprint density at radius 3 is 2.42 bits per heavy atom. The van der Waals surface area contributed by atoms with Crippen molar-refractivity contribution < 1.29 is 4.79 Å². The Labute approximate surface area is 73.8 Å². The zero-order valence-corrected chi connectivity index (χ0v) is 7.51. The summed E-state index contributed by atoms with van der Waals surface area (Å²) in [5.41, 5.74) is 1.14. The van der Waals surface area contributed by atoms with E-state index in [0.717, 1.165) is 30.8 Å². The molecule has 12 heavy (non-hydrogen) atoms. The Kier molecular flexibility index (Phi) is 2.29. The molecule has 0 aromatic heterocycles. The van der Waals surface area contributed by atoms with Gasteiger partial charge in [-0.3, -0.25) is 4.79 Å². The van der Waals surface area contributed by atoms with Gasteiger partial charge >= 0.3 is 0 Å². The van der Waals surface area contributed by atoms with Crippen molar-refractivity contribution in [1.82, 2.24) is 0 Å². The highest BCUT2D eigenvalue weighted by Gasteiger charge is 2.20. The Morgan fingerprint density at radius 1 is 1.08 bits per heavy atom. The number of hydrogen-bond acceptors (Lipinski definition) is 1. The zero-order valence-electron chi connectivity index (χ0n) is 7.51. The summed E-state index contributed by atoms with van der Waals surface area (Å²) in [6.07, 6.45) is 10.6. The number of Topliss-reactive ketones (excluding diaryl/α,β-unsaturated/α-hetero) is 1. The summed E-state index contributed by atoms with van der Waals surface area (Å²) in [5, 5.41) is 0. The molecule has 0 N–H and O–H groups in total. The first-order chi connectivity index (χ1) is 5.86. The Morgan fingerprint density at radius 2 is 1.83 bits per heavy atom. The predicted octanol–water partition coefficient (Wildman–Crippen LogP) is 2.86. The molecule has 0 amide bonds. The lowest BCUT2D eigenvalue weighted by molar-refractivity contribution is -0.114. The van der Waals surface area contributed by atoms with Gasteiger partial charge in [0.1, 0.15) is 0 Å². The molecule has 2 aliphatic rings. The van der Waals surface area contributed by atoms with E-state index >= 15 is 0 Å². The Bertz CT molecular complexity index is 209. The Hall–Kier alpha value is -0.590. The first kappa shape index (κ1) is 8.03. The van der Waals surface area contributed by atoms with Crippen molar-refractivity contribution in [2.45, 2.75) is 44.9 Å². The van der Waals surface area contributed by atoms with Gasteiger partial charge in [-0.05, 0) is 37.2 Å².